The van der Waals surface area contributed by atoms with Crippen LogP contribution in [0.4, 0.5) is 4.39 Å². The minimum Gasteiger partial charge on any atom is -0.322 e. The molecule has 1 heterocycles. The maximum Gasteiger partial charge on any atom is 0.254 e. The van der Waals surface area contributed by atoms with E-state index >= 15 is 0 Å². The lowest BCUT2D eigenvalue weighted by Crippen LogP contribution is -2.15. The summed E-state index contributed by atoms with van der Waals surface area (Å²) in [4.78, 5) is 14.7. The van der Waals surface area contributed by atoms with Gasteiger partial charge in [0.05, 0.1) is 11.1 Å². The topological polar surface area (TPSA) is 32.9 Å². The average Bonchev–Trinajstić information content (AvgIpc) is 2.45. The van der Waals surface area contributed by atoms with E-state index in [1.165, 1.54) is 0 Å². The molecular weight excluding hydrogens is 241 g/mol. The van der Waals surface area contributed by atoms with Gasteiger partial charge < -0.3 is 4.98 Å². The van der Waals surface area contributed by atoms with Gasteiger partial charge in [-0.25, -0.2) is 4.39 Å². The number of hydrogen-bond acceptors (Lipinski definition) is 1. The zero-order valence-electron chi connectivity index (χ0n) is 10.2. The Labute approximate surface area is 109 Å². The molecule has 1 N–H and O–H groups in total. The molecule has 0 aliphatic carbocycles. The second kappa shape index (κ2) is 4.69. The number of nitrogens with one attached hydrogen (secondary N) is 1. The lowest BCUT2D eigenvalue weighted by Gasteiger charge is -2.06. The van der Waals surface area contributed by atoms with Crippen LogP contribution in [-0.2, 0) is 6.42 Å². The third kappa shape index (κ3) is 2.15. The van der Waals surface area contributed by atoms with Crippen molar-refractivity contribution in [2.24, 2.45) is 0 Å². The number of para-hydroxylation sites is 1. The lowest BCUT2D eigenvalue weighted by atomic mass is 10.0. The van der Waals surface area contributed by atoms with Crippen LogP contribution in [0.5, 0.6) is 0 Å². The summed E-state index contributed by atoms with van der Waals surface area (Å²) in [5.41, 5.74) is 1.27. The molecule has 0 spiro atoms. The van der Waals surface area contributed by atoms with Gasteiger partial charge in [0.25, 0.3) is 5.56 Å². The average molecular weight is 253 g/mol. The second-order valence-corrected chi connectivity index (χ2v) is 4.45. The van der Waals surface area contributed by atoms with Crippen molar-refractivity contribution in [2.45, 2.75) is 6.42 Å². The van der Waals surface area contributed by atoms with Crippen LogP contribution in [0.3, 0.4) is 0 Å². The number of hydrogen-bond donors (Lipinski definition) is 1. The van der Waals surface area contributed by atoms with Crippen molar-refractivity contribution < 1.29 is 4.39 Å². The molecule has 0 aliphatic heterocycles. The van der Waals surface area contributed by atoms with Crippen LogP contribution in [0.15, 0.2) is 59.4 Å². The molecule has 0 unspecified atom stereocenters. The first-order chi connectivity index (χ1) is 9.25. The predicted molar refractivity (Wildman–Crippen MR) is 73.8 cm³/mol. The smallest absolute Gasteiger partial charge is 0.254 e. The molecule has 0 amide bonds. The molecule has 1 aromatic heterocycles. The summed E-state index contributed by atoms with van der Waals surface area (Å²) in [6, 6.07) is 16.3. The van der Waals surface area contributed by atoms with Gasteiger partial charge in [-0.15, -0.1) is 0 Å². The van der Waals surface area contributed by atoms with Gasteiger partial charge in [0.1, 0.15) is 5.82 Å². The molecule has 2 nitrogen and oxygen atoms in total. The van der Waals surface area contributed by atoms with Crippen LogP contribution in [0.25, 0.3) is 10.9 Å². The molecule has 0 fully saturated rings. The number of halogens is 1. The SMILES string of the molecule is O=c1[nH]c2ccccc2c(F)c1Cc1ccccc1. The molecule has 3 heteroatoms. The molecule has 0 atom stereocenters. The minimum atomic E-state index is -0.428. The summed E-state index contributed by atoms with van der Waals surface area (Å²) >= 11 is 0. The number of rotatable bonds is 2. The molecule has 3 aromatic rings. The van der Waals surface area contributed by atoms with Crippen molar-refractivity contribution in [3.8, 4) is 0 Å². The van der Waals surface area contributed by atoms with Crippen LogP contribution in [0.1, 0.15) is 11.1 Å². The van der Waals surface area contributed by atoms with Gasteiger partial charge in [-0.1, -0.05) is 42.5 Å². The number of pyridine rings is 1. The highest BCUT2D eigenvalue weighted by molar-refractivity contribution is 5.79. The quantitative estimate of drug-likeness (QED) is 0.747. The van der Waals surface area contributed by atoms with Crippen LogP contribution >= 0.6 is 0 Å². The molecule has 3 rings (SSSR count). The van der Waals surface area contributed by atoms with E-state index in [9.17, 15) is 9.18 Å². The van der Waals surface area contributed by atoms with Crippen molar-refractivity contribution >= 4 is 10.9 Å². The van der Waals surface area contributed by atoms with E-state index in [-0.39, 0.29) is 11.1 Å². The van der Waals surface area contributed by atoms with Gasteiger partial charge in [-0.05, 0) is 17.7 Å². The summed E-state index contributed by atoms with van der Waals surface area (Å²) < 4.78 is 14.4. The maximum atomic E-state index is 14.4. The number of fused-ring (bicyclic) bond motifs is 1. The Hall–Kier alpha value is -2.42. The first-order valence-corrected chi connectivity index (χ1v) is 6.09. The summed E-state index contributed by atoms with van der Waals surface area (Å²) in [6.45, 7) is 0. The van der Waals surface area contributed by atoms with E-state index in [4.69, 9.17) is 0 Å². The van der Waals surface area contributed by atoms with E-state index in [2.05, 4.69) is 4.98 Å². The van der Waals surface area contributed by atoms with Gasteiger partial charge in [0, 0.05) is 11.8 Å². The number of aromatic nitrogens is 1. The molecule has 0 aliphatic rings. The zero-order valence-corrected chi connectivity index (χ0v) is 10.2. The van der Waals surface area contributed by atoms with Gasteiger partial charge in [-0.2, -0.15) is 0 Å². The van der Waals surface area contributed by atoms with E-state index in [0.717, 1.165) is 5.56 Å². The molecule has 0 radical (unpaired) electrons. The maximum absolute atomic E-state index is 14.4. The highest BCUT2D eigenvalue weighted by Crippen LogP contribution is 2.18. The Kier molecular flexibility index (Phi) is 2.88. The fraction of sp³-hybridized carbons (Fsp3) is 0.0625. The van der Waals surface area contributed by atoms with Crippen molar-refractivity contribution in [1.82, 2.24) is 4.98 Å². The predicted octanol–water partition coefficient (Wildman–Crippen LogP) is 3.26. The first-order valence-electron chi connectivity index (χ1n) is 6.09. The Morgan fingerprint density at radius 3 is 2.42 bits per heavy atom. The standard InChI is InChI=1S/C16H12FNO/c17-15-12-8-4-5-9-14(12)18-16(19)13(15)10-11-6-2-1-3-7-11/h1-9H,10H2,(H,18,19). The summed E-state index contributed by atoms with van der Waals surface area (Å²) in [5.74, 6) is -0.428. The van der Waals surface area contributed by atoms with E-state index in [1.54, 1.807) is 24.3 Å². The molecule has 0 bridgehead atoms. The molecule has 19 heavy (non-hydrogen) atoms. The van der Waals surface area contributed by atoms with E-state index in [0.29, 0.717) is 17.3 Å². The second-order valence-electron chi connectivity index (χ2n) is 4.45. The number of benzene rings is 2. The Morgan fingerprint density at radius 1 is 0.947 bits per heavy atom. The van der Waals surface area contributed by atoms with Crippen molar-refractivity contribution in [3.05, 3.63) is 81.9 Å². The molecule has 0 saturated heterocycles. The Bertz CT molecular complexity index is 778. The van der Waals surface area contributed by atoms with Crippen molar-refractivity contribution in [1.29, 1.82) is 0 Å². The largest absolute Gasteiger partial charge is 0.322 e. The fourth-order valence-electron chi connectivity index (χ4n) is 2.20. The van der Waals surface area contributed by atoms with Crippen LogP contribution in [-0.4, -0.2) is 4.98 Å². The van der Waals surface area contributed by atoms with Crippen LogP contribution in [0, 0.1) is 5.82 Å². The Morgan fingerprint density at radius 2 is 1.63 bits per heavy atom. The summed E-state index contributed by atoms with van der Waals surface area (Å²) in [7, 11) is 0. The monoisotopic (exact) mass is 253 g/mol. The lowest BCUT2D eigenvalue weighted by molar-refractivity contribution is 0.621. The van der Waals surface area contributed by atoms with Gasteiger partial charge in [0.2, 0.25) is 0 Å². The molecule has 0 saturated carbocycles. The van der Waals surface area contributed by atoms with Gasteiger partial charge >= 0.3 is 0 Å². The van der Waals surface area contributed by atoms with Crippen molar-refractivity contribution in [3.63, 3.8) is 0 Å². The molecular formula is C16H12FNO. The van der Waals surface area contributed by atoms with Crippen LogP contribution in [0.2, 0.25) is 0 Å². The third-order valence-electron chi connectivity index (χ3n) is 3.17. The van der Waals surface area contributed by atoms with E-state index in [1.807, 2.05) is 30.3 Å². The number of aromatic amines is 1. The summed E-state index contributed by atoms with van der Waals surface area (Å²) in [5, 5.41) is 0.452. The molecule has 2 aromatic carbocycles. The number of H-pyrrole nitrogens is 1. The fourth-order valence-corrected chi connectivity index (χ4v) is 2.20. The highest BCUT2D eigenvalue weighted by Gasteiger charge is 2.12. The van der Waals surface area contributed by atoms with Crippen LogP contribution < -0.4 is 5.56 Å². The first kappa shape index (κ1) is 11.7. The highest BCUT2D eigenvalue weighted by atomic mass is 19.1. The van der Waals surface area contributed by atoms with Gasteiger partial charge in [-0.3, -0.25) is 4.79 Å². The van der Waals surface area contributed by atoms with Gasteiger partial charge in [0.15, 0.2) is 0 Å². The van der Waals surface area contributed by atoms with Crippen molar-refractivity contribution in [2.75, 3.05) is 0 Å². The van der Waals surface area contributed by atoms with E-state index < -0.39 is 5.82 Å². The zero-order chi connectivity index (χ0) is 13.2. The normalized spacial score (nSPS) is 10.8. The molecule has 94 valence electrons. The summed E-state index contributed by atoms with van der Waals surface area (Å²) in [6.07, 6.45) is 0.298. The third-order valence-corrected chi connectivity index (χ3v) is 3.17. The Balaban J connectivity index is 2.16. The minimum absolute atomic E-state index is 0.185.